The Bertz CT molecular complexity index is 499. The summed E-state index contributed by atoms with van der Waals surface area (Å²) in [7, 11) is 3.87. The maximum Gasteiger partial charge on any atom is 0.143 e. The molecule has 2 saturated heterocycles. The van der Waals surface area contributed by atoms with Crippen molar-refractivity contribution in [3.8, 4) is 5.75 Å². The Kier molecular flexibility index (Phi) is 6.35. The fourth-order valence-electron chi connectivity index (χ4n) is 3.21. The highest BCUT2D eigenvalue weighted by molar-refractivity contribution is 5.85. The minimum Gasteiger partial charge on any atom is -0.495 e. The first-order chi connectivity index (χ1) is 10.7. The second-order valence-corrected chi connectivity index (χ2v) is 6.12. The number of anilines is 2. The van der Waals surface area contributed by atoms with Crippen molar-refractivity contribution in [1.82, 2.24) is 14.9 Å². The molecule has 2 fully saturated rings. The number of methoxy groups -OCH3 is 1. The van der Waals surface area contributed by atoms with Gasteiger partial charge in [0.2, 0.25) is 0 Å². The van der Waals surface area contributed by atoms with E-state index in [1.165, 1.54) is 5.69 Å². The summed E-state index contributed by atoms with van der Waals surface area (Å²) in [6.07, 6.45) is 0. The SMILES string of the molecule is COc1cc(N2CCN(N3CCN(C)CC3)CC2)ccc1N.Cl. The molecule has 1 aromatic rings. The maximum atomic E-state index is 5.90. The second kappa shape index (κ2) is 8.06. The zero-order chi connectivity index (χ0) is 15.5. The number of hydrazine groups is 1. The molecule has 0 aliphatic carbocycles. The number of nitrogens with two attached hydrogens (primary N) is 1. The summed E-state index contributed by atoms with van der Waals surface area (Å²) in [5.41, 5.74) is 7.79. The highest BCUT2D eigenvalue weighted by atomic mass is 35.5. The predicted molar refractivity (Wildman–Crippen MR) is 97.5 cm³/mol. The van der Waals surface area contributed by atoms with Crippen LogP contribution in [0, 0.1) is 0 Å². The normalized spacial score (nSPS) is 21.0. The van der Waals surface area contributed by atoms with Crippen molar-refractivity contribution >= 4 is 23.8 Å². The molecule has 0 bridgehead atoms. The van der Waals surface area contributed by atoms with Gasteiger partial charge in [-0.25, -0.2) is 10.0 Å². The first-order valence-corrected chi connectivity index (χ1v) is 8.04. The number of piperazine rings is 2. The molecule has 2 aliphatic rings. The number of likely N-dealkylation sites (N-methyl/N-ethyl adjacent to an activating group) is 1. The van der Waals surface area contributed by atoms with E-state index in [0.29, 0.717) is 5.69 Å². The van der Waals surface area contributed by atoms with Crippen LogP contribution >= 0.6 is 12.4 Å². The van der Waals surface area contributed by atoms with Crippen LogP contribution in [-0.4, -0.2) is 81.4 Å². The number of benzene rings is 1. The summed E-state index contributed by atoms with van der Waals surface area (Å²) in [6, 6.07) is 6.06. The summed E-state index contributed by atoms with van der Waals surface area (Å²) in [5.74, 6) is 0.763. The van der Waals surface area contributed by atoms with E-state index in [9.17, 15) is 0 Å². The number of halogens is 1. The predicted octanol–water partition coefficient (Wildman–Crippen LogP) is 0.984. The molecule has 2 heterocycles. The quantitative estimate of drug-likeness (QED) is 0.827. The fourth-order valence-corrected chi connectivity index (χ4v) is 3.21. The van der Waals surface area contributed by atoms with Crippen molar-refractivity contribution in [1.29, 1.82) is 0 Å². The summed E-state index contributed by atoms with van der Waals surface area (Å²) >= 11 is 0. The van der Waals surface area contributed by atoms with Crippen molar-refractivity contribution in [2.75, 3.05) is 77.1 Å². The Morgan fingerprint density at radius 2 is 1.48 bits per heavy atom. The van der Waals surface area contributed by atoms with Gasteiger partial charge < -0.3 is 20.3 Å². The van der Waals surface area contributed by atoms with Crippen LogP contribution in [0.3, 0.4) is 0 Å². The van der Waals surface area contributed by atoms with Crippen LogP contribution in [0.5, 0.6) is 5.75 Å². The van der Waals surface area contributed by atoms with Crippen LogP contribution in [0.1, 0.15) is 0 Å². The Labute approximate surface area is 145 Å². The molecule has 0 aromatic heterocycles. The Morgan fingerprint density at radius 3 is 2.04 bits per heavy atom. The van der Waals surface area contributed by atoms with E-state index in [2.05, 4.69) is 32.9 Å². The van der Waals surface area contributed by atoms with Crippen LogP contribution in [0.4, 0.5) is 11.4 Å². The van der Waals surface area contributed by atoms with Gasteiger partial charge in [-0.2, -0.15) is 0 Å². The Morgan fingerprint density at radius 1 is 0.913 bits per heavy atom. The fraction of sp³-hybridized carbons (Fsp3) is 0.625. The van der Waals surface area contributed by atoms with Crippen LogP contribution in [-0.2, 0) is 0 Å². The highest BCUT2D eigenvalue weighted by Crippen LogP contribution is 2.28. The van der Waals surface area contributed by atoms with E-state index in [0.717, 1.165) is 58.1 Å². The molecule has 6 nitrogen and oxygen atoms in total. The van der Waals surface area contributed by atoms with Gasteiger partial charge in [-0.05, 0) is 19.2 Å². The van der Waals surface area contributed by atoms with Crippen LogP contribution in [0.25, 0.3) is 0 Å². The van der Waals surface area contributed by atoms with E-state index in [1.54, 1.807) is 7.11 Å². The average molecular weight is 342 g/mol. The van der Waals surface area contributed by atoms with Crippen molar-refractivity contribution in [3.63, 3.8) is 0 Å². The monoisotopic (exact) mass is 341 g/mol. The molecule has 3 rings (SSSR count). The molecule has 0 atom stereocenters. The number of hydrogen-bond donors (Lipinski definition) is 1. The van der Waals surface area contributed by atoms with Crippen molar-refractivity contribution < 1.29 is 4.74 Å². The third-order valence-electron chi connectivity index (χ3n) is 4.72. The lowest BCUT2D eigenvalue weighted by Crippen LogP contribution is -2.58. The lowest BCUT2D eigenvalue weighted by atomic mass is 10.2. The van der Waals surface area contributed by atoms with Crippen molar-refractivity contribution in [2.24, 2.45) is 0 Å². The van der Waals surface area contributed by atoms with Crippen molar-refractivity contribution in [2.45, 2.75) is 0 Å². The molecule has 130 valence electrons. The summed E-state index contributed by atoms with van der Waals surface area (Å²) in [6.45, 7) is 8.86. The average Bonchev–Trinajstić information content (AvgIpc) is 2.56. The molecule has 0 unspecified atom stereocenters. The van der Waals surface area contributed by atoms with Gasteiger partial charge in [0.15, 0.2) is 0 Å². The molecule has 0 radical (unpaired) electrons. The number of nitrogen functional groups attached to an aromatic ring is 1. The van der Waals surface area contributed by atoms with E-state index < -0.39 is 0 Å². The van der Waals surface area contributed by atoms with Gasteiger partial charge in [-0.1, -0.05) is 0 Å². The zero-order valence-corrected chi connectivity index (χ0v) is 14.9. The van der Waals surface area contributed by atoms with E-state index >= 15 is 0 Å². The molecule has 0 amide bonds. The molecular formula is C16H28ClN5O. The molecule has 23 heavy (non-hydrogen) atoms. The molecular weight excluding hydrogens is 314 g/mol. The third kappa shape index (κ3) is 4.20. The van der Waals surface area contributed by atoms with Gasteiger partial charge in [0, 0.05) is 64.1 Å². The smallest absolute Gasteiger partial charge is 0.143 e. The van der Waals surface area contributed by atoms with Gasteiger partial charge in [-0.15, -0.1) is 12.4 Å². The summed E-state index contributed by atoms with van der Waals surface area (Å²) in [5, 5.41) is 5.03. The second-order valence-electron chi connectivity index (χ2n) is 6.12. The van der Waals surface area contributed by atoms with Gasteiger partial charge in [0.25, 0.3) is 0 Å². The van der Waals surface area contributed by atoms with Gasteiger partial charge >= 0.3 is 0 Å². The lowest BCUT2D eigenvalue weighted by molar-refractivity contribution is -0.0564. The van der Waals surface area contributed by atoms with Crippen LogP contribution < -0.4 is 15.4 Å². The maximum absolute atomic E-state index is 5.90. The van der Waals surface area contributed by atoms with Gasteiger partial charge in [-0.3, -0.25) is 0 Å². The number of nitrogens with zero attached hydrogens (tertiary/aromatic N) is 4. The largest absolute Gasteiger partial charge is 0.495 e. The molecule has 7 heteroatoms. The van der Waals surface area contributed by atoms with E-state index in [4.69, 9.17) is 10.5 Å². The molecule has 1 aromatic carbocycles. The zero-order valence-electron chi connectivity index (χ0n) is 14.1. The summed E-state index contributed by atoms with van der Waals surface area (Å²) in [4.78, 5) is 4.81. The van der Waals surface area contributed by atoms with Crippen LogP contribution in [0.2, 0.25) is 0 Å². The minimum absolute atomic E-state index is 0. The molecule has 2 aliphatic heterocycles. The molecule has 0 spiro atoms. The van der Waals surface area contributed by atoms with Gasteiger partial charge in [0.1, 0.15) is 5.75 Å². The highest BCUT2D eigenvalue weighted by Gasteiger charge is 2.24. The number of hydrogen-bond acceptors (Lipinski definition) is 6. The first-order valence-electron chi connectivity index (χ1n) is 8.04. The third-order valence-corrected chi connectivity index (χ3v) is 4.72. The molecule has 0 saturated carbocycles. The van der Waals surface area contributed by atoms with Gasteiger partial charge in [0.05, 0.1) is 12.8 Å². The molecule has 2 N–H and O–H groups in total. The Balaban J connectivity index is 0.00000192. The van der Waals surface area contributed by atoms with E-state index in [-0.39, 0.29) is 12.4 Å². The number of rotatable bonds is 3. The minimum atomic E-state index is 0. The standard InChI is InChI=1S/C16H27N5O.ClH/c1-18-5-9-20(10-6-18)21-11-7-19(8-12-21)14-3-4-15(17)16(13-14)22-2;/h3-4,13H,5-12,17H2,1-2H3;1H. The van der Waals surface area contributed by atoms with E-state index in [1.807, 2.05) is 12.1 Å². The summed E-state index contributed by atoms with van der Waals surface area (Å²) < 4.78 is 5.33. The van der Waals surface area contributed by atoms with Crippen molar-refractivity contribution in [3.05, 3.63) is 18.2 Å². The number of ether oxygens (including phenoxy) is 1. The lowest BCUT2D eigenvalue weighted by Gasteiger charge is -2.44. The topological polar surface area (TPSA) is 48.2 Å². The first kappa shape index (κ1) is 18.1. The van der Waals surface area contributed by atoms with Crippen LogP contribution in [0.15, 0.2) is 18.2 Å². The Hall–Kier alpha value is -1.21.